The molecule has 3 heterocycles. The molecule has 1 unspecified atom stereocenters. The van der Waals surface area contributed by atoms with Crippen molar-refractivity contribution < 1.29 is 14.3 Å². The molecule has 0 aliphatic carbocycles. The Kier molecular flexibility index (Phi) is 6.15. The van der Waals surface area contributed by atoms with E-state index in [1.807, 2.05) is 12.1 Å². The van der Waals surface area contributed by atoms with E-state index in [9.17, 15) is 9.90 Å². The molecule has 1 fully saturated rings. The van der Waals surface area contributed by atoms with E-state index in [0.717, 1.165) is 53.7 Å². The molecule has 0 spiro atoms. The average molecular weight is 424 g/mol. The summed E-state index contributed by atoms with van der Waals surface area (Å²) in [5.74, 6) is 0.0100. The van der Waals surface area contributed by atoms with Crippen LogP contribution >= 0.6 is 27.3 Å². The topological polar surface area (TPSA) is 53.7 Å². The zero-order valence-corrected chi connectivity index (χ0v) is 16.6. The Morgan fingerprint density at radius 1 is 1.52 bits per heavy atom. The number of rotatable bonds is 6. The number of carboxylic acids is 1. The summed E-state index contributed by atoms with van der Waals surface area (Å²) in [4.78, 5) is 14.6. The maximum atomic E-state index is 11.2. The maximum Gasteiger partial charge on any atom is 0.307 e. The number of carbonyl (C=O) groups is 1. The Hall–Kier alpha value is -1.37. The van der Waals surface area contributed by atoms with Crippen LogP contribution in [0.1, 0.15) is 35.5 Å². The zero-order chi connectivity index (χ0) is 17.8. The highest BCUT2D eigenvalue weighted by molar-refractivity contribution is 9.10. The van der Waals surface area contributed by atoms with Gasteiger partial charge in [-0.3, -0.25) is 4.79 Å². The van der Waals surface area contributed by atoms with E-state index in [-0.39, 0.29) is 5.92 Å². The SMILES string of the molecule is Cc1ccoc1C(=CCCN1CCCC(C(=O)O)C1)c1sccc1Br. The summed E-state index contributed by atoms with van der Waals surface area (Å²) in [7, 11) is 0. The normalized spacial score (nSPS) is 19.3. The van der Waals surface area contributed by atoms with Crippen molar-refractivity contribution in [2.24, 2.45) is 5.92 Å². The number of thiophene rings is 1. The number of halogens is 1. The monoisotopic (exact) mass is 423 g/mol. The lowest BCUT2D eigenvalue weighted by atomic mass is 9.98. The highest BCUT2D eigenvalue weighted by Gasteiger charge is 2.24. The van der Waals surface area contributed by atoms with Gasteiger partial charge in [-0.2, -0.15) is 0 Å². The molecule has 25 heavy (non-hydrogen) atoms. The second-order valence-electron chi connectivity index (χ2n) is 6.41. The van der Waals surface area contributed by atoms with Gasteiger partial charge >= 0.3 is 5.97 Å². The second kappa shape index (κ2) is 8.34. The minimum Gasteiger partial charge on any atom is -0.481 e. The van der Waals surface area contributed by atoms with E-state index < -0.39 is 5.97 Å². The van der Waals surface area contributed by atoms with Gasteiger partial charge in [0.15, 0.2) is 0 Å². The number of aryl methyl sites for hydroxylation is 1. The van der Waals surface area contributed by atoms with Gasteiger partial charge in [0, 0.05) is 23.1 Å². The first-order chi connectivity index (χ1) is 12.1. The van der Waals surface area contributed by atoms with Gasteiger partial charge in [-0.25, -0.2) is 0 Å². The molecular weight excluding hydrogens is 402 g/mol. The molecular formula is C19H22BrNO3S. The van der Waals surface area contributed by atoms with Crippen LogP contribution in [0.25, 0.3) is 5.57 Å². The van der Waals surface area contributed by atoms with Gasteiger partial charge in [-0.15, -0.1) is 11.3 Å². The third-order valence-electron chi connectivity index (χ3n) is 4.62. The molecule has 3 rings (SSSR count). The van der Waals surface area contributed by atoms with Crippen molar-refractivity contribution in [3.05, 3.63) is 50.5 Å². The van der Waals surface area contributed by atoms with Crippen molar-refractivity contribution in [3.63, 3.8) is 0 Å². The fraction of sp³-hybridized carbons (Fsp3) is 0.421. The van der Waals surface area contributed by atoms with Crippen LogP contribution in [-0.2, 0) is 4.79 Å². The fourth-order valence-electron chi connectivity index (χ4n) is 3.27. The first kappa shape index (κ1) is 18.4. The molecule has 0 amide bonds. The molecule has 0 bridgehead atoms. The first-order valence-corrected chi connectivity index (χ1v) is 10.2. The van der Waals surface area contributed by atoms with Crippen LogP contribution in [0.15, 0.2) is 38.7 Å². The Balaban J connectivity index is 1.73. The Morgan fingerprint density at radius 3 is 3.00 bits per heavy atom. The van der Waals surface area contributed by atoms with Crippen LogP contribution in [0.2, 0.25) is 0 Å². The van der Waals surface area contributed by atoms with Crippen molar-refractivity contribution in [3.8, 4) is 0 Å². The Morgan fingerprint density at radius 2 is 2.36 bits per heavy atom. The number of hydrogen-bond donors (Lipinski definition) is 1. The predicted octanol–water partition coefficient (Wildman–Crippen LogP) is 5.03. The minimum atomic E-state index is -0.672. The van der Waals surface area contributed by atoms with Gasteiger partial charge in [-0.05, 0) is 71.7 Å². The number of likely N-dealkylation sites (tertiary alicyclic amines) is 1. The number of carboxylic acid groups (broad SMARTS) is 1. The van der Waals surface area contributed by atoms with Crippen molar-refractivity contribution in [2.75, 3.05) is 19.6 Å². The number of piperidine rings is 1. The van der Waals surface area contributed by atoms with Crippen molar-refractivity contribution in [2.45, 2.75) is 26.2 Å². The lowest BCUT2D eigenvalue weighted by Crippen LogP contribution is -2.39. The van der Waals surface area contributed by atoms with Gasteiger partial charge in [0.05, 0.1) is 17.1 Å². The van der Waals surface area contributed by atoms with Gasteiger partial charge in [0.1, 0.15) is 5.76 Å². The Labute approximate surface area is 160 Å². The number of hydrogen-bond acceptors (Lipinski definition) is 4. The summed E-state index contributed by atoms with van der Waals surface area (Å²) < 4.78 is 6.80. The van der Waals surface area contributed by atoms with Crippen LogP contribution in [0.4, 0.5) is 0 Å². The summed E-state index contributed by atoms with van der Waals surface area (Å²) in [5, 5.41) is 11.3. The average Bonchev–Trinajstić information content (AvgIpc) is 3.21. The summed E-state index contributed by atoms with van der Waals surface area (Å²) in [6, 6.07) is 4.03. The quantitative estimate of drug-likeness (QED) is 0.707. The highest BCUT2D eigenvalue weighted by atomic mass is 79.9. The molecule has 1 aliphatic heterocycles. The molecule has 0 aromatic carbocycles. The lowest BCUT2D eigenvalue weighted by molar-refractivity contribution is -0.143. The van der Waals surface area contributed by atoms with Crippen LogP contribution in [0.5, 0.6) is 0 Å². The van der Waals surface area contributed by atoms with E-state index in [4.69, 9.17) is 4.42 Å². The predicted molar refractivity (Wildman–Crippen MR) is 104 cm³/mol. The molecule has 1 aliphatic rings. The van der Waals surface area contributed by atoms with Gasteiger partial charge in [-0.1, -0.05) is 6.08 Å². The number of furan rings is 1. The highest BCUT2D eigenvalue weighted by Crippen LogP contribution is 2.36. The molecule has 2 aromatic rings. The summed E-state index contributed by atoms with van der Waals surface area (Å²) in [5.41, 5.74) is 2.23. The van der Waals surface area contributed by atoms with E-state index >= 15 is 0 Å². The van der Waals surface area contributed by atoms with E-state index in [2.05, 4.69) is 39.2 Å². The molecule has 0 saturated carbocycles. The summed E-state index contributed by atoms with van der Waals surface area (Å²) in [6.07, 6.45) is 6.56. The van der Waals surface area contributed by atoms with E-state index in [1.54, 1.807) is 17.6 Å². The number of aliphatic carboxylic acids is 1. The summed E-state index contributed by atoms with van der Waals surface area (Å²) >= 11 is 5.31. The van der Waals surface area contributed by atoms with Crippen LogP contribution in [-0.4, -0.2) is 35.6 Å². The fourth-order valence-corrected chi connectivity index (χ4v) is 4.90. The van der Waals surface area contributed by atoms with Crippen molar-refractivity contribution in [1.29, 1.82) is 0 Å². The van der Waals surface area contributed by atoms with Gasteiger partial charge in [0.2, 0.25) is 0 Å². The third-order valence-corrected chi connectivity index (χ3v) is 6.49. The smallest absolute Gasteiger partial charge is 0.307 e. The van der Waals surface area contributed by atoms with Crippen LogP contribution in [0, 0.1) is 12.8 Å². The largest absolute Gasteiger partial charge is 0.481 e. The standard InChI is InChI=1S/C19H22BrNO3S/c1-13-6-10-24-17(13)15(18-16(20)7-11-25-18)5-3-9-21-8-2-4-14(12-21)19(22)23/h5-7,10-11,14H,2-4,8-9,12H2,1H3,(H,22,23). The maximum absolute atomic E-state index is 11.2. The van der Waals surface area contributed by atoms with Gasteiger partial charge < -0.3 is 14.4 Å². The lowest BCUT2D eigenvalue weighted by Gasteiger charge is -2.30. The Bertz CT molecular complexity index is 722. The molecule has 1 saturated heterocycles. The van der Waals surface area contributed by atoms with E-state index in [1.165, 1.54) is 4.88 Å². The van der Waals surface area contributed by atoms with E-state index in [0.29, 0.717) is 6.54 Å². The molecule has 4 nitrogen and oxygen atoms in total. The summed E-state index contributed by atoms with van der Waals surface area (Å²) in [6.45, 7) is 4.56. The zero-order valence-electron chi connectivity index (χ0n) is 14.2. The molecule has 134 valence electrons. The van der Waals surface area contributed by atoms with Crippen molar-refractivity contribution >= 4 is 38.8 Å². The first-order valence-electron chi connectivity index (χ1n) is 8.49. The molecule has 1 N–H and O–H groups in total. The number of nitrogens with zero attached hydrogens (tertiary/aromatic N) is 1. The molecule has 1 atom stereocenters. The van der Waals surface area contributed by atoms with Gasteiger partial charge in [0.25, 0.3) is 0 Å². The second-order valence-corrected chi connectivity index (χ2v) is 8.19. The van der Waals surface area contributed by atoms with Crippen LogP contribution < -0.4 is 0 Å². The molecule has 6 heteroatoms. The molecule has 2 aromatic heterocycles. The molecule has 0 radical (unpaired) electrons. The minimum absolute atomic E-state index is 0.226. The third kappa shape index (κ3) is 4.43. The van der Waals surface area contributed by atoms with Crippen molar-refractivity contribution in [1.82, 2.24) is 4.90 Å². The van der Waals surface area contributed by atoms with Crippen LogP contribution in [0.3, 0.4) is 0 Å².